The summed E-state index contributed by atoms with van der Waals surface area (Å²) < 4.78 is 0. The minimum atomic E-state index is -1.41. The van der Waals surface area contributed by atoms with E-state index >= 15 is 0 Å². The minimum absolute atomic E-state index is 0.0192. The summed E-state index contributed by atoms with van der Waals surface area (Å²) in [4.78, 5) is 21.5. The Hall–Kier alpha value is -1.30. The molecule has 0 spiro atoms. The normalized spacial score (nSPS) is 17.0. The van der Waals surface area contributed by atoms with Gasteiger partial charge in [0.05, 0.1) is 0 Å². The standard InChI is InChI=1S/C11H20N2O4/c14-9(10(15)16)5-7-13-11(17)12-6-4-8-2-1-3-8/h8-9,14H,1-7H2,(H,15,16)(H2,12,13,17)/t9-/m0/s1. The van der Waals surface area contributed by atoms with Crippen molar-refractivity contribution in [2.45, 2.75) is 38.2 Å². The van der Waals surface area contributed by atoms with Crippen molar-refractivity contribution in [1.29, 1.82) is 0 Å². The van der Waals surface area contributed by atoms with Crippen LogP contribution < -0.4 is 10.6 Å². The van der Waals surface area contributed by atoms with Gasteiger partial charge in [-0.1, -0.05) is 19.3 Å². The highest BCUT2D eigenvalue weighted by Gasteiger charge is 2.17. The predicted molar refractivity (Wildman–Crippen MR) is 61.6 cm³/mol. The lowest BCUT2D eigenvalue weighted by Gasteiger charge is -2.25. The largest absolute Gasteiger partial charge is 0.479 e. The van der Waals surface area contributed by atoms with Crippen LogP contribution in [0.1, 0.15) is 32.1 Å². The van der Waals surface area contributed by atoms with Crippen molar-refractivity contribution in [3.8, 4) is 0 Å². The van der Waals surface area contributed by atoms with Crippen LogP contribution in [0.4, 0.5) is 4.79 Å². The number of aliphatic hydroxyl groups is 1. The quantitative estimate of drug-likeness (QED) is 0.518. The van der Waals surface area contributed by atoms with Gasteiger partial charge in [-0.15, -0.1) is 0 Å². The average molecular weight is 244 g/mol. The summed E-state index contributed by atoms with van der Waals surface area (Å²) in [6.45, 7) is 0.806. The van der Waals surface area contributed by atoms with Gasteiger partial charge < -0.3 is 20.8 Å². The van der Waals surface area contributed by atoms with Gasteiger partial charge >= 0.3 is 12.0 Å². The number of aliphatic hydroxyl groups excluding tert-OH is 1. The molecule has 98 valence electrons. The SMILES string of the molecule is O=C(NCCC1CCC1)NCC[C@H](O)C(=O)O. The second-order valence-electron chi connectivity index (χ2n) is 4.41. The van der Waals surface area contributed by atoms with Gasteiger partial charge in [-0.05, 0) is 12.3 Å². The first-order valence-corrected chi connectivity index (χ1v) is 6.02. The fourth-order valence-electron chi connectivity index (χ4n) is 1.68. The van der Waals surface area contributed by atoms with Gasteiger partial charge in [0.25, 0.3) is 0 Å². The molecular formula is C11H20N2O4. The van der Waals surface area contributed by atoms with Gasteiger partial charge in [-0.3, -0.25) is 0 Å². The molecule has 1 aliphatic rings. The molecule has 17 heavy (non-hydrogen) atoms. The molecule has 2 amide bonds. The maximum atomic E-state index is 11.2. The van der Waals surface area contributed by atoms with Crippen molar-refractivity contribution < 1.29 is 19.8 Å². The molecule has 0 aromatic heterocycles. The Bertz CT molecular complexity index is 266. The molecule has 0 aromatic carbocycles. The molecule has 0 radical (unpaired) electrons. The monoisotopic (exact) mass is 244 g/mol. The zero-order valence-electron chi connectivity index (χ0n) is 9.82. The van der Waals surface area contributed by atoms with Gasteiger partial charge in [0.2, 0.25) is 0 Å². The Morgan fingerprint density at radius 2 is 1.88 bits per heavy atom. The molecule has 4 N–H and O–H groups in total. The molecule has 1 saturated carbocycles. The summed E-state index contributed by atoms with van der Waals surface area (Å²) >= 11 is 0. The van der Waals surface area contributed by atoms with Gasteiger partial charge in [0.1, 0.15) is 0 Å². The second-order valence-corrected chi connectivity index (χ2v) is 4.41. The fourth-order valence-corrected chi connectivity index (χ4v) is 1.68. The van der Waals surface area contributed by atoms with Crippen molar-refractivity contribution in [1.82, 2.24) is 10.6 Å². The highest BCUT2D eigenvalue weighted by molar-refractivity contribution is 5.74. The zero-order valence-corrected chi connectivity index (χ0v) is 9.82. The molecule has 1 atom stereocenters. The molecule has 0 heterocycles. The zero-order chi connectivity index (χ0) is 12.7. The fraction of sp³-hybridized carbons (Fsp3) is 0.818. The summed E-state index contributed by atoms with van der Waals surface area (Å²) in [6, 6.07) is -0.304. The number of carboxylic acids is 1. The van der Waals surface area contributed by atoms with Crippen LogP contribution in [0.25, 0.3) is 0 Å². The minimum Gasteiger partial charge on any atom is -0.479 e. The van der Waals surface area contributed by atoms with E-state index in [9.17, 15) is 9.59 Å². The van der Waals surface area contributed by atoms with E-state index in [0.29, 0.717) is 6.54 Å². The molecule has 0 aromatic rings. The third kappa shape index (κ3) is 5.53. The lowest BCUT2D eigenvalue weighted by atomic mass is 9.83. The number of hydrogen-bond acceptors (Lipinski definition) is 3. The molecule has 0 saturated heterocycles. The molecular weight excluding hydrogens is 224 g/mol. The van der Waals surface area contributed by atoms with Crippen molar-refractivity contribution in [3.63, 3.8) is 0 Å². The smallest absolute Gasteiger partial charge is 0.332 e. The lowest BCUT2D eigenvalue weighted by molar-refractivity contribution is -0.146. The van der Waals surface area contributed by atoms with Crippen LogP contribution in [0.5, 0.6) is 0 Å². The second kappa shape index (κ2) is 7.11. The highest BCUT2D eigenvalue weighted by Crippen LogP contribution is 2.28. The van der Waals surface area contributed by atoms with Crippen LogP contribution in [-0.4, -0.2) is 41.4 Å². The Morgan fingerprint density at radius 3 is 2.41 bits per heavy atom. The molecule has 0 bridgehead atoms. The third-order valence-corrected chi connectivity index (χ3v) is 3.05. The molecule has 6 nitrogen and oxygen atoms in total. The van der Waals surface area contributed by atoms with E-state index in [1.165, 1.54) is 19.3 Å². The first-order chi connectivity index (χ1) is 8.09. The number of carbonyl (C=O) groups is 2. The number of nitrogens with one attached hydrogen (secondary N) is 2. The summed E-state index contributed by atoms with van der Waals surface area (Å²) in [5.41, 5.74) is 0. The molecule has 0 aliphatic heterocycles. The number of carboxylic acid groups (broad SMARTS) is 1. The third-order valence-electron chi connectivity index (χ3n) is 3.05. The lowest BCUT2D eigenvalue weighted by Crippen LogP contribution is -2.38. The predicted octanol–water partition coefficient (Wildman–Crippen LogP) is 0.311. The maximum Gasteiger partial charge on any atom is 0.332 e. The topological polar surface area (TPSA) is 98.7 Å². The van der Waals surface area contributed by atoms with Crippen LogP contribution in [0, 0.1) is 5.92 Å². The number of rotatable bonds is 7. The van der Waals surface area contributed by atoms with Crippen LogP contribution in [-0.2, 0) is 4.79 Å². The van der Waals surface area contributed by atoms with Crippen LogP contribution in [0.2, 0.25) is 0 Å². The van der Waals surface area contributed by atoms with E-state index in [1.807, 2.05) is 0 Å². The molecule has 6 heteroatoms. The Kier molecular flexibility index (Phi) is 5.76. The number of aliphatic carboxylic acids is 1. The van der Waals surface area contributed by atoms with Crippen molar-refractivity contribution >= 4 is 12.0 Å². The van der Waals surface area contributed by atoms with Gasteiger partial charge in [0, 0.05) is 19.5 Å². The molecule has 1 rings (SSSR count). The van der Waals surface area contributed by atoms with Crippen molar-refractivity contribution in [2.75, 3.05) is 13.1 Å². The highest BCUT2D eigenvalue weighted by atomic mass is 16.4. The van der Waals surface area contributed by atoms with E-state index in [0.717, 1.165) is 12.3 Å². The Balaban J connectivity index is 1.95. The summed E-state index contributed by atoms with van der Waals surface area (Å²) in [5, 5.41) is 22.6. The number of carbonyl (C=O) groups excluding carboxylic acids is 1. The van der Waals surface area contributed by atoms with E-state index in [1.54, 1.807) is 0 Å². The maximum absolute atomic E-state index is 11.2. The Labute approximate surface area is 100 Å². The van der Waals surface area contributed by atoms with E-state index in [2.05, 4.69) is 10.6 Å². The van der Waals surface area contributed by atoms with Gasteiger partial charge in [0.15, 0.2) is 6.10 Å². The average Bonchev–Trinajstić information content (AvgIpc) is 2.21. The summed E-state index contributed by atoms with van der Waals surface area (Å²) in [6.07, 6.45) is 3.42. The number of amides is 2. The van der Waals surface area contributed by atoms with E-state index < -0.39 is 12.1 Å². The summed E-state index contributed by atoms with van der Waals surface area (Å²) in [7, 11) is 0. The van der Waals surface area contributed by atoms with Crippen molar-refractivity contribution in [3.05, 3.63) is 0 Å². The van der Waals surface area contributed by atoms with Gasteiger partial charge in [-0.25, -0.2) is 9.59 Å². The van der Waals surface area contributed by atoms with Crippen LogP contribution in [0.3, 0.4) is 0 Å². The Morgan fingerprint density at radius 1 is 1.24 bits per heavy atom. The summed E-state index contributed by atoms with van der Waals surface area (Å²) in [5.74, 6) is -0.513. The molecule has 1 fully saturated rings. The molecule has 1 aliphatic carbocycles. The number of hydrogen-bond donors (Lipinski definition) is 4. The first kappa shape index (κ1) is 13.8. The number of urea groups is 1. The van der Waals surface area contributed by atoms with Crippen LogP contribution >= 0.6 is 0 Å². The van der Waals surface area contributed by atoms with Crippen LogP contribution in [0.15, 0.2) is 0 Å². The van der Waals surface area contributed by atoms with Gasteiger partial charge in [-0.2, -0.15) is 0 Å². The van der Waals surface area contributed by atoms with E-state index in [-0.39, 0.29) is 19.0 Å². The first-order valence-electron chi connectivity index (χ1n) is 6.02. The molecule has 0 unspecified atom stereocenters. The van der Waals surface area contributed by atoms with E-state index in [4.69, 9.17) is 10.2 Å². The van der Waals surface area contributed by atoms with Crippen molar-refractivity contribution in [2.24, 2.45) is 5.92 Å².